The summed E-state index contributed by atoms with van der Waals surface area (Å²) >= 11 is 0. The minimum Gasteiger partial charge on any atom is -0.463 e. The Hall–Kier alpha value is -3.32. The molecule has 2 unspecified atom stereocenters. The molecule has 15 heteroatoms. The van der Waals surface area contributed by atoms with E-state index in [-0.39, 0.29) is 22.7 Å². The molecule has 4 N–H and O–H groups in total. The molecule has 12 nitrogen and oxygen atoms in total. The maximum absolute atomic E-state index is 15.9. The highest BCUT2D eigenvalue weighted by Gasteiger charge is 2.59. The third-order valence-electron chi connectivity index (χ3n) is 6.29. The first kappa shape index (κ1) is 29.7. The van der Waals surface area contributed by atoms with Crippen LogP contribution in [0.1, 0.15) is 27.0 Å². The van der Waals surface area contributed by atoms with Crippen LogP contribution >= 0.6 is 7.60 Å². The van der Waals surface area contributed by atoms with Crippen LogP contribution < -0.4 is 15.8 Å². The molecule has 1 aliphatic rings. The Labute approximate surface area is 227 Å². The monoisotopic (exact) mass is 584 g/mol. The van der Waals surface area contributed by atoms with Crippen molar-refractivity contribution in [3.05, 3.63) is 52.9 Å². The van der Waals surface area contributed by atoms with E-state index in [0.717, 1.165) is 4.57 Å². The highest BCUT2D eigenvalue weighted by Crippen LogP contribution is 2.51. The van der Waals surface area contributed by atoms with Gasteiger partial charge in [0.15, 0.2) is 11.9 Å². The van der Waals surface area contributed by atoms with Crippen molar-refractivity contribution in [2.45, 2.75) is 51.0 Å². The standard InChI is InChI=1S/C25H31F2N4O8P/c1-14(2)37-22(34)15(3)12-40(35,39-16-7-5-4-6-8-16)36-11-18-19(32)25(27,13-26)23(38-18)31-10-9-17-20(31)29-24(28)30-21(17)33/h4-10,14-15,18-19,23,32H,11-13H2,1-3H3,(H3,28,29,30,33)/t15-,18-,19+,23-,25?,40?/m1/s1. The van der Waals surface area contributed by atoms with Crippen LogP contribution in [-0.4, -0.2) is 69.0 Å². The van der Waals surface area contributed by atoms with Crippen LogP contribution in [-0.2, 0) is 23.4 Å². The lowest BCUT2D eigenvalue weighted by Gasteiger charge is -2.26. The lowest BCUT2D eigenvalue weighted by atomic mass is 9.97. The number of anilines is 1. The number of fused-ring (bicyclic) bond motifs is 1. The summed E-state index contributed by atoms with van der Waals surface area (Å²) in [5.41, 5.74) is 1.93. The fourth-order valence-electron chi connectivity index (χ4n) is 4.33. The predicted molar refractivity (Wildman–Crippen MR) is 140 cm³/mol. The molecule has 0 saturated carbocycles. The van der Waals surface area contributed by atoms with Gasteiger partial charge in [0.2, 0.25) is 11.6 Å². The number of H-pyrrole nitrogens is 1. The van der Waals surface area contributed by atoms with Crippen LogP contribution in [0.2, 0.25) is 0 Å². The summed E-state index contributed by atoms with van der Waals surface area (Å²) < 4.78 is 67.0. The van der Waals surface area contributed by atoms with Gasteiger partial charge >= 0.3 is 13.6 Å². The third kappa shape index (κ3) is 6.04. The predicted octanol–water partition coefficient (Wildman–Crippen LogP) is 3.12. The molecule has 0 radical (unpaired) electrons. The molecule has 1 aromatic carbocycles. The van der Waals surface area contributed by atoms with Gasteiger partial charge < -0.3 is 29.4 Å². The molecule has 1 fully saturated rings. The van der Waals surface area contributed by atoms with E-state index >= 15 is 4.39 Å². The number of ether oxygens (including phenoxy) is 2. The number of aromatic nitrogens is 3. The Balaban J connectivity index is 1.58. The van der Waals surface area contributed by atoms with E-state index in [4.69, 9.17) is 24.3 Å². The average molecular weight is 585 g/mol. The van der Waals surface area contributed by atoms with Gasteiger partial charge in [-0.15, -0.1) is 0 Å². The van der Waals surface area contributed by atoms with E-state index in [0.29, 0.717) is 0 Å². The van der Waals surface area contributed by atoms with Crippen molar-refractivity contribution in [3.8, 4) is 5.75 Å². The van der Waals surface area contributed by atoms with E-state index < -0.39 is 74.7 Å². The molecule has 6 atom stereocenters. The van der Waals surface area contributed by atoms with E-state index in [1.54, 1.807) is 32.0 Å². The molecule has 2 aromatic heterocycles. The number of nitrogen functional groups attached to an aromatic ring is 1. The van der Waals surface area contributed by atoms with Crippen LogP contribution in [0, 0.1) is 5.92 Å². The number of benzene rings is 1. The van der Waals surface area contributed by atoms with Crippen LogP contribution in [0.3, 0.4) is 0 Å². The minimum absolute atomic E-state index is 0.0382. The number of esters is 1. The minimum atomic E-state index is -4.15. The molecule has 3 heterocycles. The molecule has 0 amide bonds. The summed E-state index contributed by atoms with van der Waals surface area (Å²) in [4.78, 5) is 30.9. The Morgan fingerprint density at radius 3 is 2.65 bits per heavy atom. The lowest BCUT2D eigenvalue weighted by Crippen LogP contribution is -2.45. The van der Waals surface area contributed by atoms with E-state index in [9.17, 15) is 23.7 Å². The van der Waals surface area contributed by atoms with Crippen molar-refractivity contribution in [2.24, 2.45) is 5.92 Å². The first-order valence-electron chi connectivity index (χ1n) is 12.5. The highest BCUT2D eigenvalue weighted by molar-refractivity contribution is 7.54. The third-order valence-corrected chi connectivity index (χ3v) is 8.32. The number of alkyl halides is 2. The smallest absolute Gasteiger partial charge is 0.380 e. The Morgan fingerprint density at radius 1 is 1.30 bits per heavy atom. The van der Waals surface area contributed by atoms with Gasteiger partial charge in [-0.25, -0.2) is 13.3 Å². The number of aromatic amines is 1. The zero-order valence-electron chi connectivity index (χ0n) is 22.0. The number of aliphatic hydroxyl groups excluding tert-OH is 1. The topological polar surface area (TPSA) is 168 Å². The van der Waals surface area contributed by atoms with Gasteiger partial charge in [-0.2, -0.15) is 4.98 Å². The summed E-state index contributed by atoms with van der Waals surface area (Å²) in [6.45, 7) is 2.47. The van der Waals surface area contributed by atoms with Crippen LogP contribution in [0.15, 0.2) is 47.4 Å². The second kappa shape index (κ2) is 11.7. The molecular weight excluding hydrogens is 553 g/mol. The number of hydrogen-bond donors (Lipinski definition) is 3. The zero-order valence-corrected chi connectivity index (χ0v) is 22.9. The molecule has 0 aliphatic carbocycles. The van der Waals surface area contributed by atoms with Gasteiger partial charge in [0, 0.05) is 6.20 Å². The zero-order chi connectivity index (χ0) is 29.2. The van der Waals surface area contributed by atoms with Crippen molar-refractivity contribution in [3.63, 3.8) is 0 Å². The maximum Gasteiger partial charge on any atom is 0.380 e. The highest BCUT2D eigenvalue weighted by atomic mass is 31.2. The van der Waals surface area contributed by atoms with Crippen molar-refractivity contribution < 1.29 is 41.8 Å². The number of aliphatic hydroxyl groups is 1. The van der Waals surface area contributed by atoms with E-state index in [1.807, 2.05) is 0 Å². The summed E-state index contributed by atoms with van der Waals surface area (Å²) in [6, 6.07) is 9.35. The van der Waals surface area contributed by atoms with Gasteiger partial charge in [0.05, 0.1) is 30.2 Å². The molecule has 0 bridgehead atoms. The summed E-state index contributed by atoms with van der Waals surface area (Å²) in [5.74, 6) is -1.62. The molecule has 1 aliphatic heterocycles. The fourth-order valence-corrected chi connectivity index (χ4v) is 6.20. The van der Waals surface area contributed by atoms with Crippen LogP contribution in [0.5, 0.6) is 5.75 Å². The number of nitrogens with two attached hydrogens (primary N) is 1. The second-order valence-electron chi connectivity index (χ2n) is 9.82. The molecule has 4 rings (SSSR count). The van der Waals surface area contributed by atoms with Gasteiger partial charge in [-0.3, -0.25) is 19.1 Å². The van der Waals surface area contributed by atoms with Crippen LogP contribution in [0.4, 0.5) is 14.7 Å². The second-order valence-corrected chi connectivity index (χ2v) is 11.9. The molecule has 40 heavy (non-hydrogen) atoms. The number of rotatable bonds is 11. The molecule has 3 aromatic rings. The molecule has 218 valence electrons. The first-order chi connectivity index (χ1) is 18.9. The van der Waals surface area contributed by atoms with Gasteiger partial charge in [0.25, 0.3) is 5.56 Å². The maximum atomic E-state index is 15.9. The van der Waals surface area contributed by atoms with Crippen molar-refractivity contribution in [2.75, 3.05) is 25.2 Å². The summed E-state index contributed by atoms with van der Waals surface area (Å²) in [5, 5.41) is 10.8. The lowest BCUT2D eigenvalue weighted by molar-refractivity contribution is -0.151. The van der Waals surface area contributed by atoms with Crippen molar-refractivity contribution in [1.29, 1.82) is 0 Å². The van der Waals surface area contributed by atoms with E-state index in [2.05, 4.69) is 9.97 Å². The molecular formula is C25H31F2N4O8P. The molecule has 0 spiro atoms. The fraction of sp³-hybridized carbons (Fsp3) is 0.480. The van der Waals surface area contributed by atoms with Gasteiger partial charge in [-0.1, -0.05) is 25.1 Å². The van der Waals surface area contributed by atoms with Crippen molar-refractivity contribution in [1.82, 2.24) is 14.5 Å². The SMILES string of the molecule is CC(C)OC(=O)[C@H](C)CP(=O)(OC[C@H]1O[C@@H](n2ccc3c(=O)[nH]c(N)nc32)C(F)(CF)[C@H]1O)Oc1ccccc1. The quantitative estimate of drug-likeness (QED) is 0.225. The van der Waals surface area contributed by atoms with Crippen LogP contribution in [0.25, 0.3) is 11.0 Å². The summed E-state index contributed by atoms with van der Waals surface area (Å²) in [7, 11) is -4.15. The van der Waals surface area contributed by atoms with Gasteiger partial charge in [-0.05, 0) is 32.0 Å². The van der Waals surface area contributed by atoms with E-state index in [1.165, 1.54) is 31.3 Å². The number of hydrogen-bond acceptors (Lipinski definition) is 10. The number of nitrogens with one attached hydrogen (secondary N) is 1. The number of nitrogens with zero attached hydrogens (tertiary/aromatic N) is 2. The number of carbonyl (C=O) groups excluding carboxylic acids is 1. The number of carbonyl (C=O) groups is 1. The van der Waals surface area contributed by atoms with Gasteiger partial charge in [0.1, 0.15) is 24.6 Å². The number of halogens is 2. The number of para-hydroxylation sites is 1. The largest absolute Gasteiger partial charge is 0.463 e. The summed E-state index contributed by atoms with van der Waals surface area (Å²) in [6.07, 6.45) is -4.93. The normalized spacial score (nSPS) is 25.1. The first-order valence-corrected chi connectivity index (χ1v) is 14.2. The average Bonchev–Trinajstić information content (AvgIpc) is 3.42. The molecule has 1 saturated heterocycles. The van der Waals surface area contributed by atoms with Crippen molar-refractivity contribution >= 4 is 30.5 Å². The Morgan fingerprint density at radius 2 is 2.00 bits per heavy atom. The Kier molecular flexibility index (Phi) is 8.64. The Bertz CT molecular complexity index is 1450.